The Kier molecular flexibility index (Phi) is 2.46. The van der Waals surface area contributed by atoms with Crippen LogP contribution in [0.4, 0.5) is 0 Å². The fraction of sp³-hybridized carbons (Fsp3) is 0. The lowest BCUT2D eigenvalue weighted by atomic mass is 10.2. The van der Waals surface area contributed by atoms with Crippen LogP contribution in [0.5, 0.6) is 0 Å². The zero-order valence-corrected chi connectivity index (χ0v) is 8.67. The molecule has 0 spiro atoms. The average Bonchev–Trinajstić information content (AvgIpc) is 2.61. The number of ketones is 1. The highest BCUT2D eigenvalue weighted by Crippen LogP contribution is 2.26. The van der Waals surface area contributed by atoms with E-state index in [2.05, 4.69) is 4.98 Å². The molecule has 0 amide bonds. The SMILES string of the molecule is O=C(Cl)C(=O)c1coc2c(Cl)ccnc12. The Morgan fingerprint density at radius 3 is 2.80 bits per heavy atom. The molecular formula is C9H3Cl2NO3. The predicted molar refractivity (Wildman–Crippen MR) is 54.2 cm³/mol. The lowest BCUT2D eigenvalue weighted by molar-refractivity contribution is -0.108. The molecule has 0 fully saturated rings. The molecule has 2 rings (SSSR count). The van der Waals surface area contributed by atoms with E-state index in [1.807, 2.05) is 0 Å². The summed E-state index contributed by atoms with van der Waals surface area (Å²) in [6, 6.07) is 1.52. The number of furan rings is 1. The van der Waals surface area contributed by atoms with E-state index in [9.17, 15) is 9.59 Å². The summed E-state index contributed by atoms with van der Waals surface area (Å²) in [4.78, 5) is 25.9. The van der Waals surface area contributed by atoms with Gasteiger partial charge in [-0.2, -0.15) is 0 Å². The molecule has 0 bridgehead atoms. The highest BCUT2D eigenvalue weighted by Gasteiger charge is 2.21. The van der Waals surface area contributed by atoms with E-state index < -0.39 is 11.0 Å². The molecule has 15 heavy (non-hydrogen) atoms. The van der Waals surface area contributed by atoms with Gasteiger partial charge in [-0.3, -0.25) is 14.6 Å². The fourth-order valence-electron chi connectivity index (χ4n) is 1.17. The number of pyridine rings is 1. The maximum atomic E-state index is 11.3. The Bertz CT molecular complexity index is 561. The second kappa shape index (κ2) is 3.64. The van der Waals surface area contributed by atoms with Gasteiger partial charge in [0.15, 0.2) is 5.58 Å². The van der Waals surface area contributed by atoms with Crippen molar-refractivity contribution in [3.8, 4) is 0 Å². The molecule has 2 heterocycles. The number of halogens is 2. The molecule has 4 nitrogen and oxygen atoms in total. The van der Waals surface area contributed by atoms with Gasteiger partial charge in [0, 0.05) is 6.20 Å². The molecule has 0 atom stereocenters. The van der Waals surface area contributed by atoms with Crippen LogP contribution in [0.2, 0.25) is 5.02 Å². The number of fused-ring (bicyclic) bond motifs is 1. The number of hydrogen-bond acceptors (Lipinski definition) is 4. The number of Topliss-reactive ketones (excluding diaryl/α,β-unsaturated/α-hetero) is 1. The van der Waals surface area contributed by atoms with Crippen molar-refractivity contribution in [1.82, 2.24) is 4.98 Å². The molecular weight excluding hydrogens is 241 g/mol. The fourth-order valence-corrected chi connectivity index (χ4v) is 1.46. The molecule has 0 aliphatic heterocycles. The summed E-state index contributed by atoms with van der Waals surface area (Å²) in [6.07, 6.45) is 2.53. The first kappa shape index (κ1) is 10.1. The van der Waals surface area contributed by atoms with Crippen LogP contribution in [0.25, 0.3) is 11.1 Å². The minimum absolute atomic E-state index is 0.0208. The van der Waals surface area contributed by atoms with Gasteiger partial charge in [-0.15, -0.1) is 0 Å². The molecule has 0 aliphatic rings. The topological polar surface area (TPSA) is 60.2 Å². The van der Waals surface area contributed by atoms with E-state index in [4.69, 9.17) is 27.6 Å². The lowest BCUT2D eigenvalue weighted by Crippen LogP contribution is -2.06. The molecule has 2 aromatic rings. The van der Waals surface area contributed by atoms with Crippen LogP contribution in [0.1, 0.15) is 10.4 Å². The molecule has 76 valence electrons. The molecule has 0 saturated carbocycles. The highest BCUT2D eigenvalue weighted by molar-refractivity contribution is 6.83. The van der Waals surface area contributed by atoms with Crippen LogP contribution in [0, 0.1) is 0 Å². The van der Waals surface area contributed by atoms with Crippen molar-refractivity contribution in [1.29, 1.82) is 0 Å². The van der Waals surface area contributed by atoms with E-state index in [0.29, 0.717) is 5.02 Å². The van der Waals surface area contributed by atoms with E-state index in [1.165, 1.54) is 12.3 Å². The van der Waals surface area contributed by atoms with E-state index in [0.717, 1.165) is 6.26 Å². The van der Waals surface area contributed by atoms with Crippen LogP contribution in [-0.2, 0) is 4.79 Å². The first-order valence-electron chi connectivity index (χ1n) is 3.87. The van der Waals surface area contributed by atoms with Gasteiger partial charge in [0.25, 0.3) is 5.24 Å². The number of hydrogen-bond donors (Lipinski definition) is 0. The Labute approximate surface area is 93.8 Å². The van der Waals surface area contributed by atoms with E-state index >= 15 is 0 Å². The number of rotatable bonds is 2. The summed E-state index contributed by atoms with van der Waals surface area (Å²) in [5, 5.41) is -0.763. The summed E-state index contributed by atoms with van der Waals surface area (Å²) in [6.45, 7) is 0. The van der Waals surface area contributed by atoms with Crippen molar-refractivity contribution in [2.75, 3.05) is 0 Å². The zero-order chi connectivity index (χ0) is 11.0. The third-order valence-corrected chi connectivity index (χ3v) is 2.30. The van der Waals surface area contributed by atoms with Gasteiger partial charge < -0.3 is 4.42 Å². The van der Waals surface area contributed by atoms with Gasteiger partial charge in [-0.1, -0.05) is 11.6 Å². The monoisotopic (exact) mass is 243 g/mol. The van der Waals surface area contributed by atoms with Crippen molar-refractivity contribution >= 4 is 45.3 Å². The maximum Gasteiger partial charge on any atom is 0.293 e. The Morgan fingerprint density at radius 1 is 1.40 bits per heavy atom. The summed E-state index contributed by atoms with van der Waals surface area (Å²) >= 11 is 10.9. The largest absolute Gasteiger partial charge is 0.460 e. The Hall–Kier alpha value is -1.39. The van der Waals surface area contributed by atoms with Crippen LogP contribution in [-0.4, -0.2) is 16.0 Å². The van der Waals surface area contributed by atoms with Gasteiger partial charge in [0.2, 0.25) is 5.78 Å². The number of nitrogens with zero attached hydrogens (tertiary/aromatic N) is 1. The van der Waals surface area contributed by atoms with Gasteiger partial charge in [0.1, 0.15) is 11.8 Å². The molecule has 0 aliphatic carbocycles. The summed E-state index contributed by atoms with van der Waals surface area (Å²) in [5.41, 5.74) is 0.523. The van der Waals surface area contributed by atoms with Crippen molar-refractivity contribution in [2.45, 2.75) is 0 Å². The van der Waals surface area contributed by atoms with Crippen LogP contribution >= 0.6 is 23.2 Å². The first-order valence-corrected chi connectivity index (χ1v) is 4.62. The molecule has 0 saturated heterocycles. The standard InChI is InChI=1S/C9H3Cl2NO3/c10-5-1-2-12-6-4(3-15-8(5)6)7(13)9(11)14/h1-3H. The molecule has 6 heteroatoms. The molecule has 0 unspecified atom stereocenters. The zero-order valence-electron chi connectivity index (χ0n) is 7.16. The van der Waals surface area contributed by atoms with Gasteiger partial charge >= 0.3 is 0 Å². The number of carbonyl (C=O) groups excluding carboxylic acids is 2. The summed E-state index contributed by atoms with van der Waals surface area (Å²) < 4.78 is 5.02. The molecule has 0 radical (unpaired) electrons. The van der Waals surface area contributed by atoms with E-state index in [1.54, 1.807) is 0 Å². The van der Waals surface area contributed by atoms with Crippen LogP contribution < -0.4 is 0 Å². The van der Waals surface area contributed by atoms with Gasteiger partial charge in [-0.25, -0.2) is 0 Å². The van der Waals surface area contributed by atoms with Crippen LogP contribution in [0.15, 0.2) is 22.9 Å². The maximum absolute atomic E-state index is 11.3. The van der Waals surface area contributed by atoms with Crippen molar-refractivity contribution in [2.24, 2.45) is 0 Å². The van der Waals surface area contributed by atoms with Crippen molar-refractivity contribution in [3.63, 3.8) is 0 Å². The average molecular weight is 244 g/mol. The third kappa shape index (κ3) is 1.62. The predicted octanol–water partition coefficient (Wildman–Crippen LogP) is 2.43. The molecule has 2 aromatic heterocycles. The molecule has 0 aromatic carbocycles. The second-order valence-electron chi connectivity index (χ2n) is 2.72. The van der Waals surface area contributed by atoms with E-state index in [-0.39, 0.29) is 16.7 Å². The summed E-state index contributed by atoms with van der Waals surface area (Å²) in [7, 11) is 0. The third-order valence-electron chi connectivity index (χ3n) is 1.83. The summed E-state index contributed by atoms with van der Waals surface area (Å²) in [5.74, 6) is -0.856. The lowest BCUT2D eigenvalue weighted by Gasteiger charge is -1.92. The number of aromatic nitrogens is 1. The second-order valence-corrected chi connectivity index (χ2v) is 3.47. The van der Waals surface area contributed by atoms with Crippen molar-refractivity contribution < 1.29 is 14.0 Å². The van der Waals surface area contributed by atoms with Gasteiger partial charge in [-0.05, 0) is 17.7 Å². The Balaban J connectivity index is 2.69. The number of carbonyl (C=O) groups is 2. The minimum atomic E-state index is -1.08. The molecule has 0 N–H and O–H groups in total. The smallest absolute Gasteiger partial charge is 0.293 e. The first-order chi connectivity index (χ1) is 7.11. The van der Waals surface area contributed by atoms with Crippen LogP contribution in [0.3, 0.4) is 0 Å². The quantitative estimate of drug-likeness (QED) is 0.462. The highest BCUT2D eigenvalue weighted by atomic mass is 35.5. The minimum Gasteiger partial charge on any atom is -0.460 e. The van der Waals surface area contributed by atoms with Crippen molar-refractivity contribution in [3.05, 3.63) is 29.1 Å². The van der Waals surface area contributed by atoms with Gasteiger partial charge in [0.05, 0.1) is 10.6 Å². The Morgan fingerprint density at radius 2 is 2.13 bits per heavy atom. The normalized spacial score (nSPS) is 10.5.